The van der Waals surface area contributed by atoms with Gasteiger partial charge in [-0.25, -0.2) is 8.78 Å². The summed E-state index contributed by atoms with van der Waals surface area (Å²) in [7, 11) is 0. The van der Waals surface area contributed by atoms with Gasteiger partial charge in [0.05, 0.1) is 13.1 Å². The van der Waals surface area contributed by atoms with Gasteiger partial charge in [0.2, 0.25) is 11.8 Å². The molecule has 1 heterocycles. The van der Waals surface area contributed by atoms with Crippen molar-refractivity contribution in [2.45, 2.75) is 32.9 Å². The third-order valence-electron chi connectivity index (χ3n) is 3.85. The number of nitrogens with one attached hydrogen (secondary N) is 1. The standard InChI is InChI=1S/C15H18F2N2O2/c1-3-9(2)14-15(21)19(8-13(20)18-14)7-10-11(16)5-4-6-12(10)17/h4-6,9,14H,3,7-8H2,1-2H3,(H,18,20). The van der Waals surface area contributed by atoms with E-state index in [1.807, 2.05) is 13.8 Å². The Hall–Kier alpha value is -1.98. The van der Waals surface area contributed by atoms with E-state index in [9.17, 15) is 18.4 Å². The Balaban J connectivity index is 2.22. The van der Waals surface area contributed by atoms with E-state index in [0.717, 1.165) is 18.6 Å². The second kappa shape index (κ2) is 6.20. The summed E-state index contributed by atoms with van der Waals surface area (Å²) in [5.41, 5.74) is -0.191. The van der Waals surface area contributed by atoms with Crippen LogP contribution in [0.4, 0.5) is 8.78 Å². The maximum atomic E-state index is 13.7. The predicted octanol–water partition coefficient (Wildman–Crippen LogP) is 1.84. The average Bonchev–Trinajstić information content (AvgIpc) is 2.45. The van der Waals surface area contributed by atoms with Crippen LogP contribution < -0.4 is 5.32 Å². The van der Waals surface area contributed by atoms with Crippen LogP contribution in [-0.4, -0.2) is 29.3 Å². The first-order chi connectivity index (χ1) is 9.93. The molecule has 21 heavy (non-hydrogen) atoms. The first kappa shape index (κ1) is 15.4. The smallest absolute Gasteiger partial charge is 0.246 e. The fourth-order valence-electron chi connectivity index (χ4n) is 2.36. The second-order valence-corrected chi connectivity index (χ2v) is 5.33. The molecule has 2 atom stereocenters. The minimum atomic E-state index is -0.714. The number of carbonyl (C=O) groups excluding carboxylic acids is 2. The SMILES string of the molecule is CCC(C)C1NC(=O)CN(Cc2c(F)cccc2F)C1=O. The Bertz CT molecular complexity index is 542. The van der Waals surface area contributed by atoms with Crippen molar-refractivity contribution in [3.8, 4) is 0 Å². The normalized spacial score (nSPS) is 20.4. The van der Waals surface area contributed by atoms with E-state index < -0.39 is 17.7 Å². The molecule has 2 amide bonds. The van der Waals surface area contributed by atoms with Crippen LogP contribution in [0.1, 0.15) is 25.8 Å². The minimum absolute atomic E-state index is 0.0327. The Kier molecular flexibility index (Phi) is 4.55. The number of halogens is 2. The van der Waals surface area contributed by atoms with Crippen molar-refractivity contribution < 1.29 is 18.4 Å². The number of rotatable bonds is 4. The molecule has 0 aliphatic carbocycles. The lowest BCUT2D eigenvalue weighted by Crippen LogP contribution is -2.59. The minimum Gasteiger partial charge on any atom is -0.342 e. The second-order valence-electron chi connectivity index (χ2n) is 5.33. The van der Waals surface area contributed by atoms with Crippen LogP contribution in [0.15, 0.2) is 18.2 Å². The average molecular weight is 296 g/mol. The molecule has 114 valence electrons. The van der Waals surface area contributed by atoms with E-state index in [0.29, 0.717) is 0 Å². The molecule has 0 aromatic heterocycles. The number of hydrogen-bond acceptors (Lipinski definition) is 2. The molecule has 1 aliphatic rings. The van der Waals surface area contributed by atoms with Gasteiger partial charge in [0.15, 0.2) is 0 Å². The zero-order valence-corrected chi connectivity index (χ0v) is 12.0. The van der Waals surface area contributed by atoms with Crippen LogP contribution in [0.2, 0.25) is 0 Å². The van der Waals surface area contributed by atoms with Gasteiger partial charge < -0.3 is 10.2 Å². The molecule has 1 saturated heterocycles. The van der Waals surface area contributed by atoms with Gasteiger partial charge >= 0.3 is 0 Å². The first-order valence-electron chi connectivity index (χ1n) is 6.95. The molecule has 0 saturated carbocycles. The molecule has 0 bridgehead atoms. The molecule has 2 rings (SSSR count). The predicted molar refractivity (Wildman–Crippen MR) is 73.2 cm³/mol. The van der Waals surface area contributed by atoms with Gasteiger partial charge in [-0.1, -0.05) is 26.3 Å². The summed E-state index contributed by atoms with van der Waals surface area (Å²) < 4.78 is 27.3. The number of carbonyl (C=O) groups is 2. The topological polar surface area (TPSA) is 49.4 Å². The van der Waals surface area contributed by atoms with Crippen LogP contribution in [0.25, 0.3) is 0 Å². The monoisotopic (exact) mass is 296 g/mol. The highest BCUT2D eigenvalue weighted by atomic mass is 19.1. The van der Waals surface area contributed by atoms with Gasteiger partial charge in [-0.3, -0.25) is 9.59 Å². The van der Waals surface area contributed by atoms with Crippen molar-refractivity contribution in [2.75, 3.05) is 6.54 Å². The van der Waals surface area contributed by atoms with Gasteiger partial charge in [0, 0.05) is 5.56 Å². The quantitative estimate of drug-likeness (QED) is 0.921. The zero-order chi connectivity index (χ0) is 15.6. The highest BCUT2D eigenvalue weighted by Crippen LogP contribution is 2.19. The maximum Gasteiger partial charge on any atom is 0.246 e. The summed E-state index contributed by atoms with van der Waals surface area (Å²) in [6, 6.07) is 2.91. The van der Waals surface area contributed by atoms with Crippen LogP contribution in [0, 0.1) is 17.6 Å². The Morgan fingerprint density at radius 3 is 2.52 bits per heavy atom. The molecule has 1 aromatic carbocycles. The van der Waals surface area contributed by atoms with E-state index in [1.54, 1.807) is 0 Å². The van der Waals surface area contributed by atoms with Crippen molar-refractivity contribution in [3.63, 3.8) is 0 Å². The molecule has 1 N–H and O–H groups in total. The summed E-state index contributed by atoms with van der Waals surface area (Å²) >= 11 is 0. The van der Waals surface area contributed by atoms with Crippen molar-refractivity contribution in [3.05, 3.63) is 35.4 Å². The van der Waals surface area contributed by atoms with E-state index in [1.165, 1.54) is 11.0 Å². The lowest BCUT2D eigenvalue weighted by molar-refractivity contribution is -0.146. The number of hydrogen-bond donors (Lipinski definition) is 1. The molecule has 0 spiro atoms. The molecule has 1 aliphatic heterocycles. The number of piperazine rings is 1. The van der Waals surface area contributed by atoms with Crippen molar-refractivity contribution >= 4 is 11.8 Å². The fourth-order valence-corrected chi connectivity index (χ4v) is 2.36. The largest absolute Gasteiger partial charge is 0.342 e. The summed E-state index contributed by atoms with van der Waals surface area (Å²) in [4.78, 5) is 25.3. The highest BCUT2D eigenvalue weighted by molar-refractivity contribution is 5.95. The van der Waals surface area contributed by atoms with Gasteiger partial charge in [0.25, 0.3) is 0 Å². The molecular formula is C15H18F2N2O2. The Morgan fingerprint density at radius 2 is 1.95 bits per heavy atom. The fraction of sp³-hybridized carbons (Fsp3) is 0.467. The van der Waals surface area contributed by atoms with Crippen LogP contribution in [0.3, 0.4) is 0 Å². The van der Waals surface area contributed by atoms with Crippen molar-refractivity contribution in [1.82, 2.24) is 10.2 Å². The van der Waals surface area contributed by atoms with Gasteiger partial charge in [-0.2, -0.15) is 0 Å². The van der Waals surface area contributed by atoms with Gasteiger partial charge in [-0.05, 0) is 18.1 Å². The third kappa shape index (κ3) is 3.20. The maximum absolute atomic E-state index is 13.7. The number of benzene rings is 1. The van der Waals surface area contributed by atoms with Crippen LogP contribution in [0.5, 0.6) is 0 Å². The lowest BCUT2D eigenvalue weighted by Gasteiger charge is -2.35. The first-order valence-corrected chi connectivity index (χ1v) is 6.95. The zero-order valence-electron chi connectivity index (χ0n) is 12.0. The summed E-state index contributed by atoms with van der Waals surface area (Å²) in [6.45, 7) is 3.35. The van der Waals surface area contributed by atoms with Crippen molar-refractivity contribution in [1.29, 1.82) is 0 Å². The highest BCUT2D eigenvalue weighted by Gasteiger charge is 2.35. The molecule has 1 fully saturated rings. The number of amides is 2. The van der Waals surface area contributed by atoms with Crippen LogP contribution in [-0.2, 0) is 16.1 Å². The Labute approximate surface area is 122 Å². The van der Waals surface area contributed by atoms with E-state index in [2.05, 4.69) is 5.32 Å². The van der Waals surface area contributed by atoms with Crippen molar-refractivity contribution in [2.24, 2.45) is 5.92 Å². The summed E-state index contributed by atoms with van der Waals surface area (Å²) in [5.74, 6) is -2.07. The van der Waals surface area contributed by atoms with Gasteiger partial charge in [-0.15, -0.1) is 0 Å². The van der Waals surface area contributed by atoms with E-state index >= 15 is 0 Å². The van der Waals surface area contributed by atoms with E-state index in [-0.39, 0.29) is 36.4 Å². The third-order valence-corrected chi connectivity index (χ3v) is 3.85. The molecular weight excluding hydrogens is 278 g/mol. The summed E-state index contributed by atoms with van der Waals surface area (Å²) in [6.07, 6.45) is 0.721. The lowest BCUT2D eigenvalue weighted by atomic mass is 9.96. The van der Waals surface area contributed by atoms with Crippen LogP contribution >= 0.6 is 0 Å². The molecule has 1 aromatic rings. The molecule has 2 unspecified atom stereocenters. The molecule has 6 heteroatoms. The molecule has 0 radical (unpaired) electrons. The molecule has 4 nitrogen and oxygen atoms in total. The number of nitrogens with zero attached hydrogens (tertiary/aromatic N) is 1. The Morgan fingerprint density at radius 1 is 1.33 bits per heavy atom. The van der Waals surface area contributed by atoms with Gasteiger partial charge in [0.1, 0.15) is 17.7 Å². The van der Waals surface area contributed by atoms with E-state index in [4.69, 9.17) is 0 Å². The summed E-state index contributed by atoms with van der Waals surface area (Å²) in [5, 5.41) is 2.64.